The molecule has 5 heterocycles. The summed E-state index contributed by atoms with van der Waals surface area (Å²) < 4.78 is 18.9. The van der Waals surface area contributed by atoms with Crippen molar-refractivity contribution < 1.29 is 28.4 Å². The largest absolute Gasteiger partial charge is 0.477 e. The van der Waals surface area contributed by atoms with Crippen LogP contribution >= 0.6 is 11.3 Å². The first-order chi connectivity index (χ1) is 18.1. The Morgan fingerprint density at radius 2 is 2.14 bits per heavy atom. The van der Waals surface area contributed by atoms with Gasteiger partial charge in [0.2, 0.25) is 5.88 Å². The maximum Gasteiger partial charge on any atom is 0.391 e. The number of urea groups is 1. The Balaban J connectivity index is 1.38. The Morgan fingerprint density at radius 1 is 1.27 bits per heavy atom. The zero-order valence-corrected chi connectivity index (χ0v) is 21.8. The summed E-state index contributed by atoms with van der Waals surface area (Å²) in [6.45, 7) is 9.01. The summed E-state index contributed by atoms with van der Waals surface area (Å²) in [7, 11) is 0. The molecule has 0 saturated carbocycles. The van der Waals surface area contributed by atoms with E-state index in [0.717, 1.165) is 57.0 Å². The van der Waals surface area contributed by atoms with Crippen LogP contribution in [0.1, 0.15) is 25.3 Å². The molecular formula is C25H33N6O5S+. The number of nitrogens with one attached hydrogen (secondary N) is 2. The van der Waals surface area contributed by atoms with Crippen LogP contribution in [0.5, 0.6) is 5.88 Å². The third-order valence-electron chi connectivity index (χ3n) is 6.61. The molecule has 1 unspecified atom stereocenters. The highest BCUT2D eigenvalue weighted by atomic mass is 32.1. The lowest BCUT2D eigenvalue weighted by atomic mass is 10.0. The van der Waals surface area contributed by atoms with Crippen LogP contribution in [-0.2, 0) is 14.3 Å². The molecule has 3 aliphatic heterocycles. The van der Waals surface area contributed by atoms with Crippen LogP contribution in [0.3, 0.4) is 0 Å². The van der Waals surface area contributed by atoms with Crippen LogP contribution in [0.15, 0.2) is 12.1 Å². The van der Waals surface area contributed by atoms with Crippen molar-refractivity contribution in [3.63, 3.8) is 0 Å². The third kappa shape index (κ3) is 6.50. The van der Waals surface area contributed by atoms with E-state index in [4.69, 9.17) is 19.2 Å². The lowest BCUT2D eigenvalue weighted by molar-refractivity contribution is -0.445. The highest BCUT2D eigenvalue weighted by Gasteiger charge is 2.28. The number of fused-ring (bicyclic) bond motifs is 1. The fourth-order valence-corrected chi connectivity index (χ4v) is 5.31. The first-order valence-electron chi connectivity index (χ1n) is 12.8. The van der Waals surface area contributed by atoms with E-state index in [1.54, 1.807) is 4.58 Å². The highest BCUT2D eigenvalue weighted by molar-refractivity contribution is 7.21. The van der Waals surface area contributed by atoms with Gasteiger partial charge in [0, 0.05) is 43.8 Å². The Hall–Kier alpha value is -2.93. The first-order valence-corrected chi connectivity index (χ1v) is 13.6. The summed E-state index contributed by atoms with van der Waals surface area (Å²) in [4.78, 5) is 37.3. The van der Waals surface area contributed by atoms with Gasteiger partial charge in [-0.3, -0.25) is 10.2 Å². The van der Waals surface area contributed by atoms with E-state index in [-0.39, 0.29) is 18.4 Å². The Bertz CT molecular complexity index is 1200. The zero-order chi connectivity index (χ0) is 25.6. The van der Waals surface area contributed by atoms with Gasteiger partial charge < -0.3 is 19.5 Å². The SMILES string of the molecule is CCNC(=O)Nc1nc2cc(C3=CC=[N+](CCN4CCOCC4)C(=O)C3)c(OCC3CCOC3)nc2s1. The van der Waals surface area contributed by atoms with Crippen molar-refractivity contribution in [2.45, 2.75) is 19.8 Å². The Labute approximate surface area is 219 Å². The fourth-order valence-electron chi connectivity index (χ4n) is 4.50. The molecule has 2 fully saturated rings. The number of hydrogen-bond acceptors (Lipinski definition) is 9. The van der Waals surface area contributed by atoms with Gasteiger partial charge in [0.15, 0.2) is 17.9 Å². The van der Waals surface area contributed by atoms with Crippen LogP contribution < -0.4 is 15.4 Å². The number of aromatic nitrogens is 2. The van der Waals surface area contributed by atoms with Gasteiger partial charge in [-0.2, -0.15) is 4.58 Å². The molecule has 0 aromatic carbocycles. The van der Waals surface area contributed by atoms with E-state index in [1.165, 1.54) is 11.3 Å². The van der Waals surface area contributed by atoms with Gasteiger partial charge in [0.05, 0.1) is 33.0 Å². The molecule has 2 aromatic rings. The minimum absolute atomic E-state index is 0.0397. The molecule has 2 N–H and O–H groups in total. The summed E-state index contributed by atoms with van der Waals surface area (Å²) in [6.07, 6.45) is 5.02. The highest BCUT2D eigenvalue weighted by Crippen LogP contribution is 2.35. The summed E-state index contributed by atoms with van der Waals surface area (Å²) in [5.74, 6) is 0.825. The van der Waals surface area contributed by atoms with Gasteiger partial charge in [-0.25, -0.2) is 19.6 Å². The summed E-state index contributed by atoms with van der Waals surface area (Å²) in [6, 6.07) is 1.59. The number of carbonyl (C=O) groups excluding carboxylic acids is 2. The van der Waals surface area contributed by atoms with E-state index in [2.05, 4.69) is 20.5 Å². The van der Waals surface area contributed by atoms with E-state index in [1.807, 2.05) is 25.3 Å². The number of morpholine rings is 1. The van der Waals surface area contributed by atoms with E-state index >= 15 is 0 Å². The number of anilines is 1. The number of pyridine rings is 1. The quantitative estimate of drug-likeness (QED) is 0.474. The molecule has 2 saturated heterocycles. The lowest BCUT2D eigenvalue weighted by Gasteiger charge is -2.25. The fraction of sp³-hybridized carbons (Fsp3) is 0.560. The number of rotatable bonds is 9. The molecule has 5 rings (SSSR count). The number of hydrogen-bond donors (Lipinski definition) is 2. The van der Waals surface area contributed by atoms with Gasteiger partial charge in [0.1, 0.15) is 16.8 Å². The minimum atomic E-state index is -0.313. The van der Waals surface area contributed by atoms with Gasteiger partial charge in [-0.15, -0.1) is 0 Å². The number of nitrogens with zero attached hydrogens (tertiary/aromatic N) is 4. The van der Waals surface area contributed by atoms with Crippen LogP contribution in [0.25, 0.3) is 15.9 Å². The average Bonchev–Trinajstić information content (AvgIpc) is 3.56. The van der Waals surface area contributed by atoms with Crippen LogP contribution in [0.2, 0.25) is 0 Å². The van der Waals surface area contributed by atoms with Crippen molar-refractivity contribution in [3.05, 3.63) is 17.7 Å². The zero-order valence-electron chi connectivity index (χ0n) is 21.0. The predicted octanol–water partition coefficient (Wildman–Crippen LogP) is 1.98. The van der Waals surface area contributed by atoms with E-state index < -0.39 is 0 Å². The molecule has 2 aromatic heterocycles. The van der Waals surface area contributed by atoms with Crippen molar-refractivity contribution in [1.29, 1.82) is 0 Å². The van der Waals surface area contributed by atoms with Crippen LogP contribution in [0.4, 0.5) is 9.93 Å². The average molecular weight is 530 g/mol. The van der Waals surface area contributed by atoms with Crippen molar-refractivity contribution in [1.82, 2.24) is 20.2 Å². The minimum Gasteiger partial charge on any atom is -0.477 e. The molecule has 198 valence electrons. The molecule has 12 heteroatoms. The molecule has 11 nitrogen and oxygen atoms in total. The smallest absolute Gasteiger partial charge is 0.391 e. The maximum absolute atomic E-state index is 13.0. The number of carbonyl (C=O) groups is 2. The van der Waals surface area contributed by atoms with Crippen molar-refractivity contribution in [2.24, 2.45) is 5.92 Å². The maximum atomic E-state index is 13.0. The van der Waals surface area contributed by atoms with Crippen molar-refractivity contribution >= 4 is 50.5 Å². The molecular weight excluding hydrogens is 496 g/mol. The Kier molecular flexibility index (Phi) is 8.39. The van der Waals surface area contributed by atoms with Gasteiger partial charge in [-0.1, -0.05) is 11.3 Å². The van der Waals surface area contributed by atoms with Crippen molar-refractivity contribution in [3.8, 4) is 5.88 Å². The molecule has 0 bridgehead atoms. The first kappa shape index (κ1) is 25.7. The molecule has 0 spiro atoms. The molecule has 3 aliphatic rings. The van der Waals surface area contributed by atoms with Gasteiger partial charge in [0.25, 0.3) is 0 Å². The standard InChI is InChI=1S/C25H32N6O5S/c1-2-26-24(33)29-25-27-20-14-19(22(28-23(20)37-25)36-16-17-4-10-35-15-17)18-3-5-31(21(32)13-18)7-6-30-8-11-34-12-9-30/h3,5,14,17H,2,4,6-13,15-16H2,1H3,(H-,26,27,29,33)/p+1. The van der Waals surface area contributed by atoms with Gasteiger partial charge >= 0.3 is 11.9 Å². The molecule has 3 amide bonds. The van der Waals surface area contributed by atoms with Crippen molar-refractivity contribution in [2.75, 3.05) is 71.1 Å². The summed E-state index contributed by atoms with van der Waals surface area (Å²) in [5.41, 5.74) is 2.23. The predicted molar refractivity (Wildman–Crippen MR) is 141 cm³/mol. The topological polar surface area (TPSA) is 118 Å². The van der Waals surface area contributed by atoms with Gasteiger partial charge in [-0.05, 0) is 25.0 Å². The third-order valence-corrected chi connectivity index (χ3v) is 7.49. The number of allylic oxidation sites excluding steroid dienone is 1. The molecule has 1 atom stereocenters. The lowest BCUT2D eigenvalue weighted by Crippen LogP contribution is -2.41. The second kappa shape index (κ2) is 12.1. The molecule has 37 heavy (non-hydrogen) atoms. The van der Waals surface area contributed by atoms with Crippen LogP contribution in [0, 0.1) is 5.92 Å². The Morgan fingerprint density at radius 3 is 2.89 bits per heavy atom. The monoisotopic (exact) mass is 529 g/mol. The molecule has 0 radical (unpaired) electrons. The normalized spacial score (nSPS) is 20.6. The van der Waals surface area contributed by atoms with Crippen LogP contribution in [-0.4, -0.2) is 103 Å². The second-order valence-corrected chi connectivity index (χ2v) is 10.2. The summed E-state index contributed by atoms with van der Waals surface area (Å²) >= 11 is 1.29. The number of thiazole rings is 1. The van der Waals surface area contributed by atoms with E-state index in [0.29, 0.717) is 53.6 Å². The molecule has 0 aliphatic carbocycles. The van der Waals surface area contributed by atoms with E-state index in [9.17, 15) is 9.59 Å². The number of amides is 3. The number of ether oxygens (including phenoxy) is 3. The summed E-state index contributed by atoms with van der Waals surface area (Å²) in [5, 5.41) is 5.90. The second-order valence-electron chi connectivity index (χ2n) is 9.27.